The Labute approximate surface area is 176 Å². The average Bonchev–Trinajstić information content (AvgIpc) is 3.41. The van der Waals surface area contributed by atoms with Gasteiger partial charge in [0.05, 0.1) is 16.7 Å². The van der Waals surface area contributed by atoms with Gasteiger partial charge < -0.3 is 0 Å². The number of carbonyl (C=O) groups is 1. The maximum atomic E-state index is 12.9. The van der Waals surface area contributed by atoms with Gasteiger partial charge in [-0.15, -0.1) is 5.10 Å². The molecule has 0 radical (unpaired) electrons. The van der Waals surface area contributed by atoms with E-state index in [1.807, 2.05) is 0 Å². The van der Waals surface area contributed by atoms with E-state index in [1.54, 1.807) is 25.6 Å². The number of nitrogens with zero attached hydrogens (tertiary/aromatic N) is 6. The molecule has 1 amide bonds. The molecule has 0 spiro atoms. The van der Waals surface area contributed by atoms with Crippen LogP contribution in [0.5, 0.6) is 0 Å². The zero-order valence-corrected chi connectivity index (χ0v) is 17.0. The zero-order chi connectivity index (χ0) is 21.1. The number of aromatic nitrogens is 5. The first-order valence-electron chi connectivity index (χ1n) is 9.45. The number of amides is 1. The van der Waals surface area contributed by atoms with Crippen molar-refractivity contribution >= 4 is 29.3 Å². The molecule has 0 atom stereocenters. The molecule has 0 saturated heterocycles. The van der Waals surface area contributed by atoms with Crippen LogP contribution < -0.4 is 5.32 Å². The standard InChI is InChI=1S/C19H19N7O3S/c1-25-11-17(23-24-25)30-16-7-6-14(26(28)29)8-15(16)18(27)22-19-20-9-13(10-21-19)12-4-2-3-5-12/h6-12H,2-5H2,1H3,(H,20,21,22,27). The molecule has 1 aliphatic rings. The van der Waals surface area contributed by atoms with Crippen molar-refractivity contribution < 1.29 is 9.72 Å². The lowest BCUT2D eigenvalue weighted by atomic mass is 10.0. The summed E-state index contributed by atoms with van der Waals surface area (Å²) in [6.07, 6.45) is 9.85. The Hall–Kier alpha value is -3.34. The van der Waals surface area contributed by atoms with Crippen molar-refractivity contribution in [2.45, 2.75) is 41.5 Å². The van der Waals surface area contributed by atoms with Crippen LogP contribution in [0.3, 0.4) is 0 Å². The van der Waals surface area contributed by atoms with E-state index in [2.05, 4.69) is 25.6 Å². The molecule has 0 bridgehead atoms. The first kappa shape index (κ1) is 20.0. The molecule has 154 valence electrons. The number of carbonyl (C=O) groups excluding carboxylic acids is 1. The van der Waals surface area contributed by atoms with Crippen molar-refractivity contribution in [1.29, 1.82) is 0 Å². The highest BCUT2D eigenvalue weighted by atomic mass is 32.2. The van der Waals surface area contributed by atoms with Gasteiger partial charge in [-0.1, -0.05) is 29.8 Å². The van der Waals surface area contributed by atoms with Crippen molar-refractivity contribution in [3.63, 3.8) is 0 Å². The van der Waals surface area contributed by atoms with Gasteiger partial charge in [-0.05, 0) is 30.4 Å². The fourth-order valence-corrected chi connectivity index (χ4v) is 4.33. The van der Waals surface area contributed by atoms with Crippen LogP contribution >= 0.6 is 11.8 Å². The van der Waals surface area contributed by atoms with Crippen LogP contribution in [0.25, 0.3) is 0 Å². The molecule has 1 N–H and O–H groups in total. The lowest BCUT2D eigenvalue weighted by Crippen LogP contribution is -2.15. The van der Waals surface area contributed by atoms with Crippen molar-refractivity contribution in [2.75, 3.05) is 5.32 Å². The summed E-state index contributed by atoms with van der Waals surface area (Å²) in [7, 11) is 1.73. The Kier molecular flexibility index (Phi) is 5.70. The normalized spacial score (nSPS) is 14.0. The Morgan fingerprint density at radius 3 is 2.63 bits per heavy atom. The zero-order valence-electron chi connectivity index (χ0n) is 16.2. The monoisotopic (exact) mass is 425 g/mol. The second kappa shape index (κ2) is 8.57. The topological polar surface area (TPSA) is 129 Å². The summed E-state index contributed by atoms with van der Waals surface area (Å²) in [5.74, 6) is 0.101. The fourth-order valence-electron chi connectivity index (χ4n) is 3.42. The molecule has 2 heterocycles. The summed E-state index contributed by atoms with van der Waals surface area (Å²) >= 11 is 1.19. The van der Waals surface area contributed by atoms with Crippen LogP contribution in [-0.4, -0.2) is 35.8 Å². The Morgan fingerprint density at radius 1 is 1.27 bits per heavy atom. The van der Waals surface area contributed by atoms with Gasteiger partial charge in [0.15, 0.2) is 0 Å². The number of hydrogen-bond acceptors (Lipinski definition) is 8. The van der Waals surface area contributed by atoms with E-state index in [4.69, 9.17) is 0 Å². The molecule has 0 unspecified atom stereocenters. The Balaban J connectivity index is 1.56. The van der Waals surface area contributed by atoms with Gasteiger partial charge in [0.2, 0.25) is 5.95 Å². The lowest BCUT2D eigenvalue weighted by Gasteiger charge is -2.10. The number of non-ortho nitro benzene ring substituents is 1. The number of benzene rings is 1. The fraction of sp³-hybridized carbons (Fsp3) is 0.316. The SMILES string of the molecule is Cn1cc(Sc2ccc([N+](=O)[O-])cc2C(=O)Nc2ncc(C3CCCC3)cn2)nn1. The third-order valence-electron chi connectivity index (χ3n) is 4.94. The van der Waals surface area contributed by atoms with E-state index >= 15 is 0 Å². The average molecular weight is 425 g/mol. The number of rotatable bonds is 6. The van der Waals surface area contributed by atoms with E-state index in [1.165, 1.54) is 47.5 Å². The quantitative estimate of drug-likeness (QED) is 0.469. The summed E-state index contributed by atoms with van der Waals surface area (Å²) in [6.45, 7) is 0. The number of anilines is 1. The molecule has 30 heavy (non-hydrogen) atoms. The first-order valence-corrected chi connectivity index (χ1v) is 10.3. The molecule has 10 nitrogen and oxygen atoms in total. The molecule has 2 aromatic heterocycles. The third kappa shape index (κ3) is 4.46. The highest BCUT2D eigenvalue weighted by molar-refractivity contribution is 7.99. The maximum Gasteiger partial charge on any atom is 0.270 e. The molecular weight excluding hydrogens is 406 g/mol. The van der Waals surface area contributed by atoms with Crippen molar-refractivity contribution in [1.82, 2.24) is 25.0 Å². The molecule has 4 rings (SSSR count). The van der Waals surface area contributed by atoms with E-state index in [9.17, 15) is 14.9 Å². The minimum atomic E-state index is -0.541. The Bertz CT molecular complexity index is 1080. The van der Waals surface area contributed by atoms with Gasteiger partial charge in [0.25, 0.3) is 11.6 Å². The van der Waals surface area contributed by atoms with Crippen LogP contribution in [0, 0.1) is 10.1 Å². The summed E-state index contributed by atoms with van der Waals surface area (Å²) in [5.41, 5.74) is 1.03. The van der Waals surface area contributed by atoms with Gasteiger partial charge in [-0.25, -0.2) is 9.97 Å². The number of nitrogens with one attached hydrogen (secondary N) is 1. The molecular formula is C19H19N7O3S. The third-order valence-corrected chi connectivity index (χ3v) is 5.91. The predicted molar refractivity (Wildman–Crippen MR) is 109 cm³/mol. The summed E-state index contributed by atoms with van der Waals surface area (Å²) in [5, 5.41) is 22.2. The number of aryl methyl sites for hydroxylation is 1. The van der Waals surface area contributed by atoms with Gasteiger partial charge in [-0.3, -0.25) is 24.9 Å². The highest BCUT2D eigenvalue weighted by Gasteiger charge is 2.21. The van der Waals surface area contributed by atoms with Gasteiger partial charge in [-0.2, -0.15) is 0 Å². The van der Waals surface area contributed by atoms with Crippen LogP contribution in [0.2, 0.25) is 0 Å². The largest absolute Gasteiger partial charge is 0.290 e. The molecule has 1 aliphatic carbocycles. The van der Waals surface area contributed by atoms with Crippen LogP contribution in [0.4, 0.5) is 11.6 Å². The smallest absolute Gasteiger partial charge is 0.270 e. The number of nitro groups is 1. The van der Waals surface area contributed by atoms with Crippen molar-refractivity contribution in [3.05, 3.63) is 58.0 Å². The molecule has 1 fully saturated rings. The van der Waals surface area contributed by atoms with E-state index in [-0.39, 0.29) is 17.2 Å². The van der Waals surface area contributed by atoms with Crippen LogP contribution in [0.1, 0.15) is 47.5 Å². The summed E-state index contributed by atoms with van der Waals surface area (Å²) in [4.78, 5) is 32.5. The van der Waals surface area contributed by atoms with Crippen molar-refractivity contribution in [3.8, 4) is 0 Å². The molecule has 11 heteroatoms. The van der Waals surface area contributed by atoms with Gasteiger partial charge >= 0.3 is 0 Å². The summed E-state index contributed by atoms with van der Waals surface area (Å²) < 4.78 is 1.53. The number of hydrogen-bond donors (Lipinski definition) is 1. The maximum absolute atomic E-state index is 12.9. The van der Waals surface area contributed by atoms with Crippen LogP contribution in [-0.2, 0) is 7.05 Å². The van der Waals surface area contributed by atoms with E-state index in [0.29, 0.717) is 15.8 Å². The lowest BCUT2D eigenvalue weighted by molar-refractivity contribution is -0.384. The van der Waals surface area contributed by atoms with Gasteiger partial charge in [0, 0.05) is 36.5 Å². The van der Waals surface area contributed by atoms with Gasteiger partial charge in [0.1, 0.15) is 5.03 Å². The highest BCUT2D eigenvalue weighted by Crippen LogP contribution is 2.34. The first-order chi connectivity index (χ1) is 14.5. The minimum Gasteiger partial charge on any atom is -0.290 e. The van der Waals surface area contributed by atoms with E-state index < -0.39 is 10.8 Å². The van der Waals surface area contributed by atoms with Crippen LogP contribution in [0.15, 0.2) is 46.7 Å². The predicted octanol–water partition coefficient (Wildman–Crippen LogP) is 3.57. The Morgan fingerprint density at radius 2 is 2.00 bits per heavy atom. The van der Waals surface area contributed by atoms with E-state index in [0.717, 1.165) is 18.4 Å². The molecule has 3 aromatic rings. The molecule has 1 aromatic carbocycles. The summed E-state index contributed by atoms with van der Waals surface area (Å²) in [6, 6.07) is 4.11. The van der Waals surface area contributed by atoms with Crippen molar-refractivity contribution in [2.24, 2.45) is 7.05 Å². The minimum absolute atomic E-state index is 0.142. The second-order valence-electron chi connectivity index (χ2n) is 7.05. The molecule has 1 saturated carbocycles. The molecule has 0 aliphatic heterocycles. The number of nitro benzene ring substituents is 1. The second-order valence-corrected chi connectivity index (χ2v) is 8.11.